The molecule has 2 saturated heterocycles. The summed E-state index contributed by atoms with van der Waals surface area (Å²) in [6, 6.07) is 5.72. The van der Waals surface area contributed by atoms with Crippen molar-refractivity contribution in [1.29, 1.82) is 0 Å². The molecule has 0 saturated carbocycles. The van der Waals surface area contributed by atoms with Gasteiger partial charge in [0, 0.05) is 31.7 Å². The molecule has 112 valence electrons. The molecule has 21 heavy (non-hydrogen) atoms. The number of piperazine rings is 2. The molecular formula is C15H18FN3O2. The van der Waals surface area contributed by atoms with Crippen LogP contribution >= 0.6 is 0 Å². The normalized spacial score (nSPS) is 26.5. The zero-order chi connectivity index (χ0) is 15.0. The van der Waals surface area contributed by atoms with Crippen LogP contribution in [0.25, 0.3) is 0 Å². The average molecular weight is 291 g/mol. The fourth-order valence-electron chi connectivity index (χ4n) is 2.96. The number of carbonyl (C=O) groups excluding carboxylic acids is 2. The van der Waals surface area contributed by atoms with Gasteiger partial charge < -0.3 is 10.2 Å². The number of rotatable bonds is 2. The van der Waals surface area contributed by atoms with E-state index in [-0.39, 0.29) is 17.6 Å². The van der Waals surface area contributed by atoms with Gasteiger partial charge in [0.05, 0.1) is 0 Å². The van der Waals surface area contributed by atoms with Crippen molar-refractivity contribution in [2.24, 2.45) is 0 Å². The lowest BCUT2D eigenvalue weighted by molar-refractivity contribution is -0.152. The van der Waals surface area contributed by atoms with E-state index in [2.05, 4.69) is 5.32 Å². The molecule has 0 radical (unpaired) electrons. The fourth-order valence-corrected chi connectivity index (χ4v) is 2.96. The van der Waals surface area contributed by atoms with Crippen LogP contribution in [0.1, 0.15) is 12.5 Å². The maximum Gasteiger partial charge on any atom is 0.245 e. The van der Waals surface area contributed by atoms with E-state index in [1.54, 1.807) is 30.0 Å². The number of benzene rings is 1. The molecule has 2 atom stereocenters. The van der Waals surface area contributed by atoms with Crippen LogP contribution < -0.4 is 5.32 Å². The number of carbonyl (C=O) groups is 2. The molecule has 1 aromatic rings. The first-order chi connectivity index (χ1) is 10.1. The predicted molar refractivity (Wildman–Crippen MR) is 74.8 cm³/mol. The topological polar surface area (TPSA) is 52.7 Å². The second-order valence-electron chi connectivity index (χ2n) is 5.60. The van der Waals surface area contributed by atoms with Gasteiger partial charge in [0.25, 0.3) is 0 Å². The van der Waals surface area contributed by atoms with E-state index in [1.807, 2.05) is 4.90 Å². The van der Waals surface area contributed by atoms with Crippen LogP contribution in [0.5, 0.6) is 0 Å². The van der Waals surface area contributed by atoms with Crippen molar-refractivity contribution in [2.45, 2.75) is 25.6 Å². The van der Waals surface area contributed by atoms with Crippen molar-refractivity contribution in [3.8, 4) is 0 Å². The smallest absolute Gasteiger partial charge is 0.245 e. The molecule has 1 N–H and O–H groups in total. The van der Waals surface area contributed by atoms with Crippen molar-refractivity contribution in [1.82, 2.24) is 15.1 Å². The number of fused-ring (bicyclic) bond motifs is 1. The van der Waals surface area contributed by atoms with Crippen molar-refractivity contribution in [3.05, 3.63) is 35.6 Å². The molecule has 3 rings (SSSR count). The van der Waals surface area contributed by atoms with E-state index < -0.39 is 12.1 Å². The quantitative estimate of drug-likeness (QED) is 0.856. The molecule has 2 fully saturated rings. The molecule has 1 aromatic carbocycles. The van der Waals surface area contributed by atoms with Gasteiger partial charge in [-0.2, -0.15) is 0 Å². The summed E-state index contributed by atoms with van der Waals surface area (Å²) < 4.78 is 13.7. The third-order valence-corrected chi connectivity index (χ3v) is 4.13. The Hall–Kier alpha value is -1.95. The minimum absolute atomic E-state index is 0.0369. The molecule has 5 nitrogen and oxygen atoms in total. The second-order valence-corrected chi connectivity index (χ2v) is 5.60. The SMILES string of the molecule is C[C@H]1NC(=O)[C@H]2CN(Cc3ccccc3F)CCN2C1=O. The summed E-state index contributed by atoms with van der Waals surface area (Å²) in [7, 11) is 0. The van der Waals surface area contributed by atoms with Gasteiger partial charge in [0.2, 0.25) is 11.8 Å². The molecule has 0 aromatic heterocycles. The number of halogens is 1. The highest BCUT2D eigenvalue weighted by atomic mass is 19.1. The van der Waals surface area contributed by atoms with Crippen LogP contribution in [0.2, 0.25) is 0 Å². The third-order valence-electron chi connectivity index (χ3n) is 4.13. The number of nitrogens with one attached hydrogen (secondary N) is 1. The highest BCUT2D eigenvalue weighted by Crippen LogP contribution is 2.18. The van der Waals surface area contributed by atoms with Crippen molar-refractivity contribution in [3.63, 3.8) is 0 Å². The van der Waals surface area contributed by atoms with Crippen LogP contribution in [0, 0.1) is 5.82 Å². The number of hydrogen-bond donors (Lipinski definition) is 1. The molecule has 0 aliphatic carbocycles. The number of nitrogens with zero attached hydrogens (tertiary/aromatic N) is 2. The summed E-state index contributed by atoms with van der Waals surface area (Å²) in [6.07, 6.45) is 0. The summed E-state index contributed by atoms with van der Waals surface area (Å²) in [5.74, 6) is -0.400. The number of amides is 2. The van der Waals surface area contributed by atoms with E-state index in [4.69, 9.17) is 0 Å². The molecular weight excluding hydrogens is 273 g/mol. The zero-order valence-corrected chi connectivity index (χ0v) is 11.9. The Morgan fingerprint density at radius 1 is 1.29 bits per heavy atom. The molecule has 2 aliphatic rings. The minimum Gasteiger partial charge on any atom is -0.343 e. The standard InChI is InChI=1S/C15H18FN3O2/c1-10-15(21)19-7-6-18(9-13(19)14(20)17-10)8-11-4-2-3-5-12(11)16/h2-5,10,13H,6-9H2,1H3,(H,17,20)/t10-,13-/m1/s1. The Morgan fingerprint density at radius 3 is 2.81 bits per heavy atom. The van der Waals surface area contributed by atoms with E-state index in [0.717, 1.165) is 0 Å². The first-order valence-electron chi connectivity index (χ1n) is 7.13. The van der Waals surface area contributed by atoms with Crippen LogP contribution in [-0.4, -0.2) is 53.3 Å². The summed E-state index contributed by atoms with van der Waals surface area (Å²) in [4.78, 5) is 27.8. The maximum absolute atomic E-state index is 13.7. The summed E-state index contributed by atoms with van der Waals surface area (Å²) in [5, 5.41) is 2.69. The Kier molecular flexibility index (Phi) is 3.63. The molecule has 0 unspecified atom stereocenters. The highest BCUT2D eigenvalue weighted by molar-refractivity contribution is 5.97. The van der Waals surface area contributed by atoms with Crippen LogP contribution in [0.4, 0.5) is 4.39 Å². The number of hydrogen-bond acceptors (Lipinski definition) is 3. The lowest BCUT2D eigenvalue weighted by Gasteiger charge is -2.44. The van der Waals surface area contributed by atoms with Gasteiger partial charge in [0.15, 0.2) is 0 Å². The lowest BCUT2D eigenvalue weighted by atomic mass is 10.0. The fraction of sp³-hybridized carbons (Fsp3) is 0.467. The first kappa shape index (κ1) is 14.0. The Morgan fingerprint density at radius 2 is 2.05 bits per heavy atom. The first-order valence-corrected chi connectivity index (χ1v) is 7.13. The van der Waals surface area contributed by atoms with Gasteiger partial charge in [-0.3, -0.25) is 14.5 Å². The average Bonchev–Trinajstić information content (AvgIpc) is 2.47. The van der Waals surface area contributed by atoms with E-state index in [9.17, 15) is 14.0 Å². The zero-order valence-electron chi connectivity index (χ0n) is 11.9. The van der Waals surface area contributed by atoms with Gasteiger partial charge >= 0.3 is 0 Å². The van der Waals surface area contributed by atoms with Gasteiger partial charge in [-0.25, -0.2) is 4.39 Å². The van der Waals surface area contributed by atoms with E-state index >= 15 is 0 Å². The van der Waals surface area contributed by atoms with Crippen LogP contribution in [-0.2, 0) is 16.1 Å². The van der Waals surface area contributed by atoms with Crippen molar-refractivity contribution < 1.29 is 14.0 Å². The van der Waals surface area contributed by atoms with Gasteiger partial charge in [-0.1, -0.05) is 18.2 Å². The minimum atomic E-state index is -0.464. The molecule has 2 amide bonds. The molecule has 0 spiro atoms. The molecule has 2 aliphatic heterocycles. The maximum atomic E-state index is 13.7. The second kappa shape index (κ2) is 5.44. The monoisotopic (exact) mass is 291 g/mol. The lowest BCUT2D eigenvalue weighted by Crippen LogP contribution is -2.68. The Bertz CT molecular complexity index is 578. The van der Waals surface area contributed by atoms with E-state index in [0.29, 0.717) is 31.7 Å². The summed E-state index contributed by atoms with van der Waals surface area (Å²) >= 11 is 0. The molecule has 0 bridgehead atoms. The summed E-state index contributed by atoms with van der Waals surface area (Å²) in [5.41, 5.74) is 0.613. The van der Waals surface area contributed by atoms with Gasteiger partial charge in [-0.15, -0.1) is 0 Å². The predicted octanol–water partition coefficient (Wildman–Crippen LogP) is 0.357. The van der Waals surface area contributed by atoms with Gasteiger partial charge in [0.1, 0.15) is 17.9 Å². The van der Waals surface area contributed by atoms with E-state index in [1.165, 1.54) is 6.07 Å². The summed E-state index contributed by atoms with van der Waals surface area (Å²) in [6.45, 7) is 3.75. The largest absolute Gasteiger partial charge is 0.343 e. The van der Waals surface area contributed by atoms with Crippen molar-refractivity contribution >= 4 is 11.8 Å². The Balaban J connectivity index is 1.71. The third kappa shape index (κ3) is 2.63. The molecule has 6 heteroatoms. The van der Waals surface area contributed by atoms with Crippen LogP contribution in [0.15, 0.2) is 24.3 Å². The Labute approximate surface area is 122 Å². The van der Waals surface area contributed by atoms with Crippen molar-refractivity contribution in [2.75, 3.05) is 19.6 Å². The van der Waals surface area contributed by atoms with Gasteiger partial charge in [-0.05, 0) is 13.0 Å². The van der Waals surface area contributed by atoms with Crippen LogP contribution in [0.3, 0.4) is 0 Å². The molecule has 2 heterocycles. The highest BCUT2D eigenvalue weighted by Gasteiger charge is 2.41.